The second-order valence-corrected chi connectivity index (χ2v) is 5.75. The number of hydrogen-bond donors (Lipinski definition) is 3. The van der Waals surface area contributed by atoms with Crippen molar-refractivity contribution in [1.82, 2.24) is 14.9 Å². The fraction of sp³-hybridized carbons (Fsp3) is 0.312. The molecule has 0 spiro atoms. The van der Waals surface area contributed by atoms with E-state index in [0.717, 1.165) is 41.2 Å². The lowest BCUT2D eigenvalue weighted by Crippen LogP contribution is -2.40. The minimum Gasteiger partial charge on any atom is -0.399 e. The Labute approximate surface area is 144 Å². The van der Waals surface area contributed by atoms with Gasteiger partial charge in [-0.15, -0.1) is 12.4 Å². The van der Waals surface area contributed by atoms with Gasteiger partial charge in [0.05, 0.1) is 6.04 Å². The summed E-state index contributed by atoms with van der Waals surface area (Å²) in [5.74, 6) is -0.489. The van der Waals surface area contributed by atoms with Gasteiger partial charge in [-0.1, -0.05) is 6.07 Å². The molecular formula is C16H19ClN4O3. The van der Waals surface area contributed by atoms with Crippen LogP contribution in [0.5, 0.6) is 0 Å². The topological polar surface area (TPSA) is 110 Å². The van der Waals surface area contributed by atoms with Crippen LogP contribution in [0.3, 0.4) is 0 Å². The average molecular weight is 351 g/mol. The molecule has 1 aromatic carbocycles. The molecule has 0 radical (unpaired) electrons. The second kappa shape index (κ2) is 6.92. The number of fused-ring (bicyclic) bond motifs is 1. The SMILES string of the molecule is Cl.Cn1c(=O)[nH]cc(C(=O)NC2CCCc3cc(N)ccc32)c1=O. The lowest BCUT2D eigenvalue weighted by Gasteiger charge is -2.26. The van der Waals surface area contributed by atoms with E-state index in [1.54, 1.807) is 0 Å². The van der Waals surface area contributed by atoms with Crippen molar-refractivity contribution < 1.29 is 4.79 Å². The molecule has 1 unspecified atom stereocenters. The van der Waals surface area contributed by atoms with Crippen LogP contribution in [0.4, 0.5) is 5.69 Å². The number of H-pyrrole nitrogens is 1. The van der Waals surface area contributed by atoms with Crippen molar-refractivity contribution in [2.75, 3.05) is 5.73 Å². The van der Waals surface area contributed by atoms with Crippen LogP contribution in [0.2, 0.25) is 0 Å². The summed E-state index contributed by atoms with van der Waals surface area (Å²) in [5.41, 5.74) is 7.42. The first-order valence-electron chi connectivity index (χ1n) is 7.45. The van der Waals surface area contributed by atoms with E-state index in [4.69, 9.17) is 5.73 Å². The number of nitrogen functional groups attached to an aromatic ring is 1. The first-order valence-corrected chi connectivity index (χ1v) is 7.45. The Kier molecular flexibility index (Phi) is 5.14. The van der Waals surface area contributed by atoms with Gasteiger partial charge >= 0.3 is 5.69 Å². The monoisotopic (exact) mass is 350 g/mol. The number of carbonyl (C=O) groups excluding carboxylic acids is 1. The highest BCUT2D eigenvalue weighted by Crippen LogP contribution is 2.31. The zero-order valence-electron chi connectivity index (χ0n) is 13.2. The van der Waals surface area contributed by atoms with Crippen molar-refractivity contribution in [3.05, 3.63) is 61.9 Å². The van der Waals surface area contributed by atoms with Crippen molar-refractivity contribution in [3.8, 4) is 0 Å². The number of carbonyl (C=O) groups is 1. The number of hydrogen-bond acceptors (Lipinski definition) is 4. The van der Waals surface area contributed by atoms with Crippen LogP contribution in [-0.4, -0.2) is 15.5 Å². The standard InChI is InChI=1S/C16H18N4O3.ClH/c1-20-15(22)12(8-18-16(20)23)14(21)19-13-4-2-3-9-7-10(17)5-6-11(9)13;/h5-8,13H,2-4,17H2,1H3,(H,18,23)(H,19,21);1H. The highest BCUT2D eigenvalue weighted by Gasteiger charge is 2.23. The number of nitrogens with one attached hydrogen (secondary N) is 2. The molecule has 7 nitrogen and oxygen atoms in total. The molecule has 1 aliphatic carbocycles. The third-order valence-electron chi connectivity index (χ3n) is 4.21. The van der Waals surface area contributed by atoms with E-state index in [9.17, 15) is 14.4 Å². The summed E-state index contributed by atoms with van der Waals surface area (Å²) in [4.78, 5) is 38.2. The minimum atomic E-state index is -0.611. The maximum Gasteiger partial charge on any atom is 0.328 e. The molecule has 1 aliphatic rings. The highest BCUT2D eigenvalue weighted by molar-refractivity contribution is 5.93. The summed E-state index contributed by atoms with van der Waals surface area (Å²) in [6.45, 7) is 0. The van der Waals surface area contributed by atoms with Crippen LogP contribution in [0.1, 0.15) is 40.4 Å². The van der Waals surface area contributed by atoms with Gasteiger partial charge in [0, 0.05) is 18.9 Å². The third kappa shape index (κ3) is 3.21. The molecule has 24 heavy (non-hydrogen) atoms. The number of aromatic nitrogens is 2. The van der Waals surface area contributed by atoms with Gasteiger partial charge in [0.25, 0.3) is 11.5 Å². The fourth-order valence-electron chi connectivity index (χ4n) is 2.95. The summed E-state index contributed by atoms with van der Waals surface area (Å²) in [7, 11) is 1.33. The van der Waals surface area contributed by atoms with Gasteiger partial charge in [-0.3, -0.25) is 14.2 Å². The summed E-state index contributed by atoms with van der Waals surface area (Å²) >= 11 is 0. The van der Waals surface area contributed by atoms with Gasteiger partial charge in [-0.25, -0.2) is 4.79 Å². The Morgan fingerprint density at radius 3 is 2.88 bits per heavy atom. The van der Waals surface area contributed by atoms with Crippen LogP contribution in [-0.2, 0) is 13.5 Å². The maximum atomic E-state index is 12.4. The Hall–Kier alpha value is -2.54. The van der Waals surface area contributed by atoms with Crippen LogP contribution >= 0.6 is 12.4 Å². The van der Waals surface area contributed by atoms with E-state index in [-0.39, 0.29) is 24.0 Å². The molecule has 1 aromatic heterocycles. The molecule has 0 saturated carbocycles. The van der Waals surface area contributed by atoms with E-state index < -0.39 is 17.2 Å². The van der Waals surface area contributed by atoms with Crippen LogP contribution in [0.15, 0.2) is 34.0 Å². The Morgan fingerprint density at radius 2 is 2.12 bits per heavy atom. The molecule has 1 atom stereocenters. The highest BCUT2D eigenvalue weighted by atomic mass is 35.5. The van der Waals surface area contributed by atoms with Gasteiger partial charge in [0.1, 0.15) is 5.56 Å². The lowest BCUT2D eigenvalue weighted by molar-refractivity contribution is 0.0930. The smallest absolute Gasteiger partial charge is 0.328 e. The number of anilines is 1. The number of rotatable bonds is 2. The van der Waals surface area contributed by atoms with Gasteiger partial charge in [0.2, 0.25) is 0 Å². The number of benzene rings is 1. The fourth-order valence-corrected chi connectivity index (χ4v) is 2.95. The first-order chi connectivity index (χ1) is 11.0. The number of aromatic amines is 1. The largest absolute Gasteiger partial charge is 0.399 e. The van der Waals surface area contributed by atoms with Crippen LogP contribution in [0, 0.1) is 0 Å². The minimum absolute atomic E-state index is 0. The van der Waals surface area contributed by atoms with Gasteiger partial charge in [0.15, 0.2) is 0 Å². The average Bonchev–Trinajstić information content (AvgIpc) is 2.52. The van der Waals surface area contributed by atoms with Crippen molar-refractivity contribution >= 4 is 24.0 Å². The van der Waals surface area contributed by atoms with E-state index in [1.165, 1.54) is 7.05 Å². The summed E-state index contributed by atoms with van der Waals surface area (Å²) in [5, 5.41) is 2.88. The van der Waals surface area contributed by atoms with E-state index in [1.807, 2.05) is 18.2 Å². The summed E-state index contributed by atoms with van der Waals surface area (Å²) in [6.07, 6.45) is 3.82. The lowest BCUT2D eigenvalue weighted by atomic mass is 9.87. The molecule has 128 valence electrons. The Morgan fingerprint density at radius 1 is 1.38 bits per heavy atom. The molecule has 3 rings (SSSR count). The quantitative estimate of drug-likeness (QED) is 0.698. The molecule has 8 heteroatoms. The predicted octanol–water partition coefficient (Wildman–Crippen LogP) is 0.885. The van der Waals surface area contributed by atoms with E-state index >= 15 is 0 Å². The summed E-state index contributed by atoms with van der Waals surface area (Å²) < 4.78 is 0.879. The summed E-state index contributed by atoms with van der Waals surface area (Å²) in [6, 6.07) is 5.48. The molecule has 0 bridgehead atoms. The van der Waals surface area contributed by atoms with Crippen molar-refractivity contribution in [1.29, 1.82) is 0 Å². The van der Waals surface area contributed by atoms with E-state index in [2.05, 4.69) is 10.3 Å². The van der Waals surface area contributed by atoms with Crippen molar-refractivity contribution in [2.45, 2.75) is 25.3 Å². The van der Waals surface area contributed by atoms with Crippen molar-refractivity contribution in [3.63, 3.8) is 0 Å². The Bertz CT molecular complexity index is 888. The molecule has 1 amide bonds. The Balaban J connectivity index is 0.00000208. The second-order valence-electron chi connectivity index (χ2n) is 5.75. The number of halogens is 1. The molecule has 4 N–H and O–H groups in total. The van der Waals surface area contributed by atoms with E-state index in [0.29, 0.717) is 5.69 Å². The molecule has 2 aromatic rings. The van der Waals surface area contributed by atoms with Crippen LogP contribution in [0.25, 0.3) is 0 Å². The molecule has 1 heterocycles. The molecule has 0 fully saturated rings. The number of amides is 1. The van der Waals surface area contributed by atoms with Gasteiger partial charge in [-0.2, -0.15) is 0 Å². The van der Waals surface area contributed by atoms with Crippen LogP contribution < -0.4 is 22.3 Å². The molecule has 0 aliphatic heterocycles. The molecular weight excluding hydrogens is 332 g/mol. The maximum absolute atomic E-state index is 12.4. The zero-order chi connectivity index (χ0) is 16.6. The molecule has 0 saturated heterocycles. The zero-order valence-corrected chi connectivity index (χ0v) is 14.0. The first kappa shape index (κ1) is 17.8. The number of nitrogens with zero attached hydrogens (tertiary/aromatic N) is 1. The third-order valence-corrected chi connectivity index (χ3v) is 4.21. The van der Waals surface area contributed by atoms with Crippen molar-refractivity contribution in [2.24, 2.45) is 7.05 Å². The van der Waals surface area contributed by atoms with Gasteiger partial charge < -0.3 is 16.0 Å². The number of aryl methyl sites for hydroxylation is 1. The van der Waals surface area contributed by atoms with Gasteiger partial charge in [-0.05, 0) is 42.5 Å². The normalized spacial score (nSPS) is 16.0. The number of nitrogens with two attached hydrogens (primary N) is 1. The predicted molar refractivity (Wildman–Crippen MR) is 93.6 cm³/mol.